The van der Waals surface area contributed by atoms with Crippen LogP contribution in [0.2, 0.25) is 0 Å². The molecule has 2 rings (SSSR count). The average Bonchev–Trinajstić information content (AvgIpc) is 2.55. The molecule has 0 radical (unpaired) electrons. The number of Topliss-reactive ketones (excluding diaryl/α,β-unsaturated/α-hetero) is 1. The number of carbonyl (C=O) groups excluding carboxylic acids is 2. The van der Waals surface area contributed by atoms with E-state index in [0.717, 1.165) is 58.3 Å². The molecule has 0 spiro atoms. The van der Waals surface area contributed by atoms with Gasteiger partial charge in [-0.15, -0.1) is 0 Å². The van der Waals surface area contributed by atoms with Gasteiger partial charge in [0.15, 0.2) is 0 Å². The second-order valence-corrected chi connectivity index (χ2v) is 7.30. The Hall–Kier alpha value is -0.900. The van der Waals surface area contributed by atoms with Crippen LogP contribution in [-0.2, 0) is 9.59 Å². The predicted octanol–water partition coefficient (Wildman–Crippen LogP) is 3.35. The maximum Gasteiger partial charge on any atom is 0.225 e. The first-order valence-corrected chi connectivity index (χ1v) is 9.38. The number of amides is 1. The topological polar surface area (TPSA) is 40.6 Å². The Morgan fingerprint density at radius 2 is 1.48 bits per heavy atom. The molecule has 2 fully saturated rings. The molecule has 2 saturated heterocycles. The van der Waals surface area contributed by atoms with E-state index in [4.69, 9.17) is 0 Å². The number of hydrogen-bond donors (Lipinski definition) is 0. The maximum absolute atomic E-state index is 12.6. The van der Waals surface area contributed by atoms with Gasteiger partial charge in [-0.3, -0.25) is 9.59 Å². The minimum atomic E-state index is -0.163. The lowest BCUT2D eigenvalue weighted by Crippen LogP contribution is -2.48. The van der Waals surface area contributed by atoms with Crippen LogP contribution in [0.5, 0.6) is 0 Å². The van der Waals surface area contributed by atoms with E-state index >= 15 is 0 Å². The normalized spacial score (nSPS) is 22.2. The Labute approximate surface area is 142 Å². The minimum Gasteiger partial charge on any atom is -0.342 e. The minimum absolute atomic E-state index is 0.163. The van der Waals surface area contributed by atoms with Crippen molar-refractivity contribution < 1.29 is 9.59 Å². The first-order chi connectivity index (χ1) is 10.9. The first kappa shape index (κ1) is 20.1. The van der Waals surface area contributed by atoms with Crippen molar-refractivity contribution in [1.82, 2.24) is 9.80 Å². The summed E-state index contributed by atoms with van der Waals surface area (Å²) in [5.41, 5.74) is -0.163. The molecule has 4 heteroatoms. The lowest BCUT2D eigenvalue weighted by molar-refractivity contribution is -0.142. The van der Waals surface area contributed by atoms with Gasteiger partial charge in [0, 0.05) is 24.4 Å². The highest BCUT2D eigenvalue weighted by atomic mass is 16.2. The van der Waals surface area contributed by atoms with Crippen LogP contribution in [0.3, 0.4) is 0 Å². The van der Waals surface area contributed by atoms with Gasteiger partial charge in [0.2, 0.25) is 5.91 Å². The highest BCUT2D eigenvalue weighted by molar-refractivity contribution is 5.83. The molecule has 1 amide bonds. The van der Waals surface area contributed by atoms with Crippen molar-refractivity contribution in [2.24, 2.45) is 11.3 Å². The molecule has 4 nitrogen and oxygen atoms in total. The maximum atomic E-state index is 12.6. The standard InChI is InChI=1S/C16H28N2O2.C3H8/c1-4-16(13(2)19)7-11-18(12-8-16)15(20)14-5-9-17(3)10-6-14;1-3-2/h14H,4-12H2,1-3H3;3H2,1-2H3. The second kappa shape index (κ2) is 9.41. The van der Waals surface area contributed by atoms with Crippen LogP contribution in [0.15, 0.2) is 0 Å². The summed E-state index contributed by atoms with van der Waals surface area (Å²) < 4.78 is 0. The van der Waals surface area contributed by atoms with Crippen molar-refractivity contribution in [3.05, 3.63) is 0 Å². The fraction of sp³-hybridized carbons (Fsp3) is 0.895. The molecule has 0 unspecified atom stereocenters. The molecule has 0 bridgehead atoms. The van der Waals surface area contributed by atoms with E-state index in [1.54, 1.807) is 6.92 Å². The van der Waals surface area contributed by atoms with E-state index < -0.39 is 0 Å². The molecule has 2 heterocycles. The van der Waals surface area contributed by atoms with Gasteiger partial charge in [-0.25, -0.2) is 0 Å². The Balaban J connectivity index is 0.000000816. The summed E-state index contributed by atoms with van der Waals surface area (Å²) in [6, 6.07) is 0. The van der Waals surface area contributed by atoms with Crippen LogP contribution >= 0.6 is 0 Å². The number of nitrogens with zero attached hydrogens (tertiary/aromatic N) is 2. The van der Waals surface area contributed by atoms with Gasteiger partial charge in [-0.2, -0.15) is 0 Å². The fourth-order valence-electron chi connectivity index (χ4n) is 3.62. The molecule has 0 aliphatic carbocycles. The number of carbonyl (C=O) groups is 2. The molecule has 0 atom stereocenters. The van der Waals surface area contributed by atoms with Crippen LogP contribution in [0.1, 0.15) is 66.2 Å². The van der Waals surface area contributed by atoms with E-state index in [1.807, 2.05) is 4.90 Å². The number of ketones is 1. The third-order valence-electron chi connectivity index (χ3n) is 5.52. The van der Waals surface area contributed by atoms with Crippen LogP contribution in [-0.4, -0.2) is 54.7 Å². The van der Waals surface area contributed by atoms with Gasteiger partial charge in [-0.1, -0.05) is 27.2 Å². The lowest BCUT2D eigenvalue weighted by Gasteiger charge is -2.41. The van der Waals surface area contributed by atoms with Gasteiger partial charge in [0.1, 0.15) is 5.78 Å². The quantitative estimate of drug-likeness (QED) is 0.799. The smallest absolute Gasteiger partial charge is 0.225 e. The van der Waals surface area contributed by atoms with E-state index in [1.165, 1.54) is 6.42 Å². The van der Waals surface area contributed by atoms with Gasteiger partial charge < -0.3 is 9.80 Å². The van der Waals surface area contributed by atoms with Crippen molar-refractivity contribution in [1.29, 1.82) is 0 Å². The van der Waals surface area contributed by atoms with Crippen LogP contribution in [0, 0.1) is 11.3 Å². The SMILES string of the molecule is CCC.CCC1(C(C)=O)CCN(C(=O)C2CCN(C)CC2)CC1. The zero-order valence-electron chi connectivity index (χ0n) is 15.9. The van der Waals surface area contributed by atoms with E-state index in [2.05, 4.69) is 32.7 Å². The molecule has 2 aliphatic rings. The third kappa shape index (κ3) is 5.30. The van der Waals surface area contributed by atoms with Crippen molar-refractivity contribution >= 4 is 11.7 Å². The molecular formula is C19H36N2O2. The molecule has 0 aromatic carbocycles. The summed E-state index contributed by atoms with van der Waals surface area (Å²) >= 11 is 0. The van der Waals surface area contributed by atoms with Crippen molar-refractivity contribution in [3.63, 3.8) is 0 Å². The van der Waals surface area contributed by atoms with E-state index in [0.29, 0.717) is 11.7 Å². The summed E-state index contributed by atoms with van der Waals surface area (Å²) in [6.45, 7) is 11.6. The van der Waals surface area contributed by atoms with Crippen LogP contribution < -0.4 is 0 Å². The molecule has 0 saturated carbocycles. The van der Waals surface area contributed by atoms with Crippen LogP contribution in [0.4, 0.5) is 0 Å². The van der Waals surface area contributed by atoms with Gasteiger partial charge in [0.25, 0.3) is 0 Å². The van der Waals surface area contributed by atoms with Gasteiger partial charge in [-0.05, 0) is 59.2 Å². The zero-order valence-corrected chi connectivity index (χ0v) is 15.9. The Morgan fingerprint density at radius 3 is 1.87 bits per heavy atom. The fourth-order valence-corrected chi connectivity index (χ4v) is 3.62. The summed E-state index contributed by atoms with van der Waals surface area (Å²) in [4.78, 5) is 28.7. The molecule has 0 aromatic heterocycles. The zero-order chi connectivity index (χ0) is 17.5. The second-order valence-electron chi connectivity index (χ2n) is 7.30. The average molecular weight is 325 g/mol. The van der Waals surface area contributed by atoms with E-state index in [-0.39, 0.29) is 11.3 Å². The monoisotopic (exact) mass is 324 g/mol. The highest BCUT2D eigenvalue weighted by Crippen LogP contribution is 2.36. The molecule has 134 valence electrons. The van der Waals surface area contributed by atoms with Gasteiger partial charge >= 0.3 is 0 Å². The number of likely N-dealkylation sites (tertiary alicyclic amines) is 2. The Bertz CT molecular complexity index is 379. The van der Waals surface area contributed by atoms with Crippen molar-refractivity contribution in [2.45, 2.75) is 66.2 Å². The lowest BCUT2D eigenvalue weighted by atomic mass is 9.73. The molecule has 23 heavy (non-hydrogen) atoms. The molecule has 2 aliphatic heterocycles. The first-order valence-electron chi connectivity index (χ1n) is 9.38. The molecular weight excluding hydrogens is 288 g/mol. The van der Waals surface area contributed by atoms with Crippen molar-refractivity contribution in [3.8, 4) is 0 Å². The summed E-state index contributed by atoms with van der Waals surface area (Å²) in [7, 11) is 2.12. The number of piperidine rings is 2. The van der Waals surface area contributed by atoms with Crippen molar-refractivity contribution in [2.75, 3.05) is 33.2 Å². The summed E-state index contributed by atoms with van der Waals surface area (Å²) in [6.07, 6.45) is 5.81. The molecule has 0 N–H and O–H groups in total. The largest absolute Gasteiger partial charge is 0.342 e. The molecule has 0 aromatic rings. The predicted molar refractivity (Wildman–Crippen MR) is 95.4 cm³/mol. The summed E-state index contributed by atoms with van der Waals surface area (Å²) in [5, 5.41) is 0. The highest BCUT2D eigenvalue weighted by Gasteiger charge is 2.39. The third-order valence-corrected chi connectivity index (χ3v) is 5.52. The Morgan fingerprint density at radius 1 is 1.00 bits per heavy atom. The summed E-state index contributed by atoms with van der Waals surface area (Å²) in [5.74, 6) is 0.829. The number of hydrogen-bond acceptors (Lipinski definition) is 3. The number of rotatable bonds is 3. The Kier molecular flexibility index (Phi) is 8.24. The van der Waals surface area contributed by atoms with Gasteiger partial charge in [0.05, 0.1) is 0 Å². The van der Waals surface area contributed by atoms with Crippen LogP contribution in [0.25, 0.3) is 0 Å². The van der Waals surface area contributed by atoms with E-state index in [9.17, 15) is 9.59 Å².